The van der Waals surface area contributed by atoms with Gasteiger partial charge < -0.3 is 15.4 Å². The minimum atomic E-state index is -0.383. The second-order valence-electron chi connectivity index (χ2n) is 7.55. The van der Waals surface area contributed by atoms with Crippen LogP contribution in [0.1, 0.15) is 40.7 Å². The van der Waals surface area contributed by atoms with Crippen LogP contribution in [0.5, 0.6) is 0 Å². The van der Waals surface area contributed by atoms with E-state index >= 15 is 0 Å². The zero-order valence-corrected chi connectivity index (χ0v) is 19.1. The number of benzene rings is 1. The quantitative estimate of drug-likeness (QED) is 0.468. The highest BCUT2D eigenvalue weighted by molar-refractivity contribution is 7.11. The van der Waals surface area contributed by atoms with Gasteiger partial charge in [-0.25, -0.2) is 9.78 Å². The average molecular weight is 457 g/mol. The molecule has 1 saturated heterocycles. The van der Waals surface area contributed by atoms with Crippen molar-refractivity contribution in [3.8, 4) is 0 Å². The molecule has 0 unspecified atom stereocenters. The van der Waals surface area contributed by atoms with Gasteiger partial charge in [-0.15, -0.1) is 11.3 Å². The first kappa shape index (κ1) is 23.6. The zero-order chi connectivity index (χ0) is 22.9. The SMILES string of the molecule is CCOC(=O)/C=C/c1ccc(NC(=O)CN2CCC(NC(=O)c3scnc3C)CC2)cc1. The van der Waals surface area contributed by atoms with Gasteiger partial charge in [0.05, 0.1) is 24.4 Å². The summed E-state index contributed by atoms with van der Waals surface area (Å²) in [5, 5.41) is 5.97. The number of anilines is 1. The summed E-state index contributed by atoms with van der Waals surface area (Å²) in [5.74, 6) is -0.531. The molecule has 8 nitrogen and oxygen atoms in total. The Hall–Kier alpha value is -3.04. The van der Waals surface area contributed by atoms with E-state index in [4.69, 9.17) is 4.74 Å². The summed E-state index contributed by atoms with van der Waals surface area (Å²) in [6, 6.07) is 7.35. The molecule has 2 aromatic rings. The third-order valence-corrected chi connectivity index (χ3v) is 6.06. The minimum absolute atomic E-state index is 0.0678. The molecule has 3 rings (SSSR count). The first-order chi connectivity index (χ1) is 15.4. The van der Waals surface area contributed by atoms with Crippen molar-refractivity contribution in [2.24, 2.45) is 0 Å². The number of hydrogen-bond donors (Lipinski definition) is 2. The summed E-state index contributed by atoms with van der Waals surface area (Å²) in [4.78, 5) is 43.0. The van der Waals surface area contributed by atoms with E-state index in [0.717, 1.165) is 37.2 Å². The third-order valence-electron chi connectivity index (χ3n) is 5.13. The first-order valence-electron chi connectivity index (χ1n) is 10.6. The molecule has 170 valence electrons. The lowest BCUT2D eigenvalue weighted by Gasteiger charge is -2.31. The molecule has 0 radical (unpaired) electrons. The van der Waals surface area contributed by atoms with Crippen molar-refractivity contribution in [2.75, 3.05) is 31.6 Å². The summed E-state index contributed by atoms with van der Waals surface area (Å²) in [5.41, 5.74) is 3.97. The van der Waals surface area contributed by atoms with Crippen LogP contribution in [0.3, 0.4) is 0 Å². The van der Waals surface area contributed by atoms with E-state index in [1.54, 1.807) is 30.6 Å². The Morgan fingerprint density at radius 2 is 1.94 bits per heavy atom. The maximum Gasteiger partial charge on any atom is 0.330 e. The van der Waals surface area contributed by atoms with Crippen LogP contribution in [-0.2, 0) is 14.3 Å². The Morgan fingerprint density at radius 3 is 2.56 bits per heavy atom. The van der Waals surface area contributed by atoms with Crippen LogP contribution in [0, 0.1) is 6.92 Å². The summed E-state index contributed by atoms with van der Waals surface area (Å²) < 4.78 is 4.85. The number of thiazole rings is 1. The molecule has 0 spiro atoms. The van der Waals surface area contributed by atoms with Crippen LogP contribution in [-0.4, -0.2) is 60.0 Å². The van der Waals surface area contributed by atoms with Gasteiger partial charge in [-0.3, -0.25) is 14.5 Å². The van der Waals surface area contributed by atoms with Crippen molar-refractivity contribution in [3.63, 3.8) is 0 Å². The van der Waals surface area contributed by atoms with Crippen LogP contribution in [0.25, 0.3) is 6.08 Å². The number of aryl methyl sites for hydroxylation is 1. The Balaban J connectivity index is 1.40. The van der Waals surface area contributed by atoms with Gasteiger partial charge in [-0.2, -0.15) is 0 Å². The summed E-state index contributed by atoms with van der Waals surface area (Å²) >= 11 is 1.35. The van der Waals surface area contributed by atoms with Gasteiger partial charge in [0, 0.05) is 30.9 Å². The number of aromatic nitrogens is 1. The van der Waals surface area contributed by atoms with E-state index in [1.165, 1.54) is 17.4 Å². The van der Waals surface area contributed by atoms with Gasteiger partial charge in [-0.1, -0.05) is 12.1 Å². The number of nitrogens with one attached hydrogen (secondary N) is 2. The predicted molar refractivity (Wildman–Crippen MR) is 125 cm³/mol. The van der Waals surface area contributed by atoms with E-state index in [1.807, 2.05) is 19.1 Å². The van der Waals surface area contributed by atoms with Gasteiger partial charge in [0.1, 0.15) is 4.88 Å². The number of piperidine rings is 1. The molecule has 2 heterocycles. The monoisotopic (exact) mass is 456 g/mol. The van der Waals surface area contributed by atoms with Crippen LogP contribution in [0.15, 0.2) is 35.9 Å². The fraction of sp³-hybridized carbons (Fsp3) is 0.391. The molecule has 0 aliphatic carbocycles. The standard InChI is InChI=1S/C23H28N4O4S/c1-3-31-21(29)9-6-17-4-7-18(8-5-17)25-20(28)14-27-12-10-19(11-13-27)26-23(30)22-16(2)24-15-32-22/h4-9,15,19H,3,10-14H2,1-2H3,(H,25,28)(H,26,30)/b9-6+. The lowest BCUT2D eigenvalue weighted by Crippen LogP contribution is -2.46. The number of nitrogens with zero attached hydrogens (tertiary/aromatic N) is 2. The number of hydrogen-bond acceptors (Lipinski definition) is 7. The van der Waals surface area contributed by atoms with E-state index < -0.39 is 0 Å². The van der Waals surface area contributed by atoms with Crippen LogP contribution in [0.2, 0.25) is 0 Å². The fourth-order valence-electron chi connectivity index (χ4n) is 3.44. The van der Waals surface area contributed by atoms with Gasteiger partial charge in [0.25, 0.3) is 5.91 Å². The molecule has 9 heteroatoms. The maximum absolute atomic E-state index is 12.4. The number of esters is 1. The highest BCUT2D eigenvalue weighted by Gasteiger charge is 2.23. The van der Waals surface area contributed by atoms with Crippen molar-refractivity contribution in [2.45, 2.75) is 32.7 Å². The van der Waals surface area contributed by atoms with E-state index in [2.05, 4.69) is 20.5 Å². The molecule has 2 amide bonds. The summed E-state index contributed by atoms with van der Waals surface area (Å²) in [6.45, 7) is 5.73. The van der Waals surface area contributed by atoms with Gasteiger partial charge in [-0.05, 0) is 50.5 Å². The second kappa shape index (κ2) is 11.5. The Kier molecular flexibility index (Phi) is 8.52. The molecule has 0 atom stereocenters. The number of carbonyl (C=O) groups is 3. The molecular formula is C23H28N4O4S. The van der Waals surface area contributed by atoms with Gasteiger partial charge in [0.15, 0.2) is 0 Å². The maximum atomic E-state index is 12.4. The smallest absolute Gasteiger partial charge is 0.330 e. The van der Waals surface area contributed by atoms with Gasteiger partial charge >= 0.3 is 5.97 Å². The molecule has 1 aromatic carbocycles. The Labute approximate surface area is 191 Å². The number of likely N-dealkylation sites (tertiary alicyclic amines) is 1. The van der Waals surface area contributed by atoms with Crippen molar-refractivity contribution < 1.29 is 19.1 Å². The van der Waals surface area contributed by atoms with Crippen molar-refractivity contribution in [1.82, 2.24) is 15.2 Å². The topological polar surface area (TPSA) is 101 Å². The van der Waals surface area contributed by atoms with E-state index in [-0.39, 0.29) is 23.8 Å². The van der Waals surface area contributed by atoms with Crippen LogP contribution in [0.4, 0.5) is 5.69 Å². The van der Waals surface area contributed by atoms with Crippen molar-refractivity contribution in [1.29, 1.82) is 0 Å². The van der Waals surface area contributed by atoms with Crippen molar-refractivity contribution in [3.05, 3.63) is 52.0 Å². The highest BCUT2D eigenvalue weighted by atomic mass is 32.1. The van der Waals surface area contributed by atoms with Crippen LogP contribution >= 0.6 is 11.3 Å². The Bertz CT molecular complexity index is 963. The molecule has 1 aliphatic heterocycles. The van der Waals surface area contributed by atoms with E-state index in [9.17, 15) is 14.4 Å². The largest absolute Gasteiger partial charge is 0.463 e. The highest BCUT2D eigenvalue weighted by Crippen LogP contribution is 2.16. The molecule has 1 aromatic heterocycles. The summed E-state index contributed by atoms with van der Waals surface area (Å²) in [6.07, 6.45) is 4.65. The normalized spacial score (nSPS) is 14.9. The van der Waals surface area contributed by atoms with Crippen molar-refractivity contribution >= 4 is 40.9 Å². The second-order valence-corrected chi connectivity index (χ2v) is 8.40. The molecule has 32 heavy (non-hydrogen) atoms. The fourth-order valence-corrected chi connectivity index (χ4v) is 4.15. The molecule has 1 fully saturated rings. The molecule has 0 saturated carbocycles. The van der Waals surface area contributed by atoms with Gasteiger partial charge in [0.2, 0.25) is 5.91 Å². The molecule has 1 aliphatic rings. The van der Waals surface area contributed by atoms with Crippen LogP contribution < -0.4 is 10.6 Å². The lowest BCUT2D eigenvalue weighted by molar-refractivity contribution is -0.137. The number of ether oxygens (including phenoxy) is 1. The average Bonchev–Trinajstić information content (AvgIpc) is 3.21. The number of carbonyl (C=O) groups excluding carboxylic acids is 3. The molecular weight excluding hydrogens is 428 g/mol. The summed E-state index contributed by atoms with van der Waals surface area (Å²) in [7, 11) is 0. The first-order valence-corrected chi connectivity index (χ1v) is 11.5. The minimum Gasteiger partial charge on any atom is -0.463 e. The van der Waals surface area contributed by atoms with E-state index in [0.29, 0.717) is 23.7 Å². The predicted octanol–water partition coefficient (Wildman–Crippen LogP) is 2.86. The number of amides is 2. The number of rotatable bonds is 8. The lowest BCUT2D eigenvalue weighted by atomic mass is 10.0. The molecule has 2 N–H and O–H groups in total. The molecule has 0 bridgehead atoms. The Morgan fingerprint density at radius 1 is 1.22 bits per heavy atom. The third kappa shape index (κ3) is 7.00. The zero-order valence-electron chi connectivity index (χ0n) is 18.3.